The van der Waals surface area contributed by atoms with Crippen molar-refractivity contribution in [3.63, 3.8) is 0 Å². The van der Waals surface area contributed by atoms with Crippen LogP contribution in [0.3, 0.4) is 0 Å². The van der Waals surface area contributed by atoms with Gasteiger partial charge in [-0.15, -0.1) is 0 Å². The smallest absolute Gasteiger partial charge is 0.266 e. The highest BCUT2D eigenvalue weighted by atomic mass is 127. The highest BCUT2D eigenvalue weighted by Crippen LogP contribution is 2.37. The Morgan fingerprint density at radius 1 is 1.17 bits per heavy atom. The Morgan fingerprint density at radius 2 is 1.97 bits per heavy atom. The Balaban J connectivity index is 1.55. The summed E-state index contributed by atoms with van der Waals surface area (Å²) in [4.78, 5) is 12.6. The van der Waals surface area contributed by atoms with Gasteiger partial charge in [-0.25, -0.2) is 4.39 Å². The molecule has 1 amide bonds. The molecule has 0 spiro atoms. The third-order valence-corrected chi connectivity index (χ3v) is 5.75. The van der Waals surface area contributed by atoms with E-state index in [2.05, 4.69) is 27.9 Å². The van der Waals surface area contributed by atoms with Crippen molar-refractivity contribution in [3.8, 4) is 29.1 Å². The van der Waals surface area contributed by atoms with Crippen molar-refractivity contribution in [2.45, 2.75) is 13.5 Å². The molecule has 4 rings (SSSR count). The highest BCUT2D eigenvalue weighted by molar-refractivity contribution is 14.1. The quantitative estimate of drug-likeness (QED) is 0.208. The summed E-state index contributed by atoms with van der Waals surface area (Å²) >= 11 is 2.11. The fourth-order valence-electron chi connectivity index (χ4n) is 3.33. The van der Waals surface area contributed by atoms with Crippen molar-refractivity contribution >= 4 is 40.3 Å². The van der Waals surface area contributed by atoms with Crippen LogP contribution in [0.1, 0.15) is 18.1 Å². The lowest BCUT2D eigenvalue weighted by Crippen LogP contribution is -2.14. The minimum absolute atomic E-state index is 0.00417. The van der Waals surface area contributed by atoms with Crippen LogP contribution < -0.4 is 24.3 Å². The van der Waals surface area contributed by atoms with Gasteiger partial charge < -0.3 is 24.3 Å². The van der Waals surface area contributed by atoms with Gasteiger partial charge in [-0.1, -0.05) is 18.2 Å². The summed E-state index contributed by atoms with van der Waals surface area (Å²) in [6, 6.07) is 16.7. The number of benzene rings is 3. The molecule has 0 radical (unpaired) electrons. The number of hydrogen-bond donors (Lipinski definition) is 1. The number of nitriles is 1. The summed E-state index contributed by atoms with van der Waals surface area (Å²) in [5, 5.41) is 12.0. The van der Waals surface area contributed by atoms with Crippen molar-refractivity contribution in [2.24, 2.45) is 0 Å². The number of para-hydroxylation sites is 1. The van der Waals surface area contributed by atoms with Gasteiger partial charge in [0.05, 0.1) is 15.9 Å². The van der Waals surface area contributed by atoms with E-state index in [1.807, 2.05) is 31.2 Å². The first-order valence-corrected chi connectivity index (χ1v) is 11.7. The molecule has 35 heavy (non-hydrogen) atoms. The first-order chi connectivity index (χ1) is 17.0. The lowest BCUT2D eigenvalue weighted by atomic mass is 10.1. The molecule has 0 saturated heterocycles. The van der Waals surface area contributed by atoms with Gasteiger partial charge in [0.1, 0.15) is 24.1 Å². The third kappa shape index (κ3) is 5.84. The van der Waals surface area contributed by atoms with E-state index in [4.69, 9.17) is 18.9 Å². The molecule has 0 saturated carbocycles. The summed E-state index contributed by atoms with van der Waals surface area (Å²) < 4.78 is 37.2. The van der Waals surface area contributed by atoms with Crippen molar-refractivity contribution < 1.29 is 28.1 Å². The fraction of sp³-hybridized carbons (Fsp3) is 0.154. The lowest BCUT2D eigenvalue weighted by Gasteiger charge is -2.15. The molecule has 3 aromatic rings. The van der Waals surface area contributed by atoms with Gasteiger partial charge in [-0.2, -0.15) is 5.26 Å². The van der Waals surface area contributed by atoms with E-state index >= 15 is 0 Å². The van der Waals surface area contributed by atoms with Crippen molar-refractivity contribution in [3.05, 3.63) is 80.7 Å². The van der Waals surface area contributed by atoms with Crippen LogP contribution in [0.5, 0.6) is 23.0 Å². The van der Waals surface area contributed by atoms with Crippen LogP contribution in [0.4, 0.5) is 10.1 Å². The molecule has 0 bridgehead atoms. The summed E-state index contributed by atoms with van der Waals surface area (Å²) in [6.45, 7) is 2.71. The van der Waals surface area contributed by atoms with E-state index in [1.165, 1.54) is 24.3 Å². The number of carbonyl (C=O) groups excluding carboxylic acids is 1. The summed E-state index contributed by atoms with van der Waals surface area (Å²) in [7, 11) is 0. The zero-order valence-electron chi connectivity index (χ0n) is 18.6. The second kappa shape index (κ2) is 11.1. The minimum Gasteiger partial charge on any atom is -0.490 e. The molecule has 0 aromatic heterocycles. The monoisotopic (exact) mass is 586 g/mol. The molecule has 0 atom stereocenters. The molecular weight excluding hydrogens is 566 g/mol. The Hall–Kier alpha value is -3.78. The zero-order chi connectivity index (χ0) is 24.8. The normalized spacial score (nSPS) is 12.1. The number of nitrogens with zero attached hydrogens (tertiary/aromatic N) is 1. The van der Waals surface area contributed by atoms with E-state index in [-0.39, 0.29) is 24.7 Å². The molecule has 9 heteroatoms. The number of anilines is 1. The number of carbonyl (C=O) groups is 1. The molecule has 0 fully saturated rings. The predicted molar refractivity (Wildman–Crippen MR) is 136 cm³/mol. The zero-order valence-corrected chi connectivity index (χ0v) is 20.8. The number of amides is 1. The van der Waals surface area contributed by atoms with Crippen LogP contribution in [0.2, 0.25) is 0 Å². The molecule has 178 valence electrons. The molecule has 0 aliphatic carbocycles. The van der Waals surface area contributed by atoms with Crippen LogP contribution in [-0.4, -0.2) is 19.3 Å². The number of hydrogen-bond acceptors (Lipinski definition) is 6. The largest absolute Gasteiger partial charge is 0.490 e. The number of nitrogens with one attached hydrogen (secondary N) is 1. The van der Waals surface area contributed by atoms with E-state index in [1.54, 1.807) is 18.2 Å². The standard InChI is InChI=1S/C26H20FIN2O5/c1-2-32-24-12-17(9-18(13-29)26(31)30-21-6-4-3-5-19(21)27)10-20(28)25(24)33-14-16-7-8-22-23(11-16)35-15-34-22/h3-12H,2,14-15H2,1H3,(H,30,31)/b18-9-. The summed E-state index contributed by atoms with van der Waals surface area (Å²) in [6.07, 6.45) is 1.42. The van der Waals surface area contributed by atoms with Gasteiger partial charge in [0.15, 0.2) is 23.0 Å². The number of rotatable bonds is 8. The molecule has 0 unspecified atom stereocenters. The summed E-state index contributed by atoms with van der Waals surface area (Å²) in [5.41, 5.74) is 1.28. The van der Waals surface area contributed by atoms with Crippen LogP contribution in [0.25, 0.3) is 6.08 Å². The van der Waals surface area contributed by atoms with E-state index in [0.717, 1.165) is 9.13 Å². The maximum atomic E-state index is 13.9. The molecule has 1 heterocycles. The van der Waals surface area contributed by atoms with Crippen molar-refractivity contribution in [2.75, 3.05) is 18.7 Å². The van der Waals surface area contributed by atoms with Gasteiger partial charge in [0, 0.05) is 0 Å². The molecular formula is C26H20FIN2O5. The first-order valence-electron chi connectivity index (χ1n) is 10.6. The number of halogens is 2. The Labute approximate surface area is 215 Å². The number of ether oxygens (including phenoxy) is 4. The van der Waals surface area contributed by atoms with Crippen LogP contribution in [0.15, 0.2) is 60.2 Å². The maximum absolute atomic E-state index is 13.9. The van der Waals surface area contributed by atoms with Crippen LogP contribution >= 0.6 is 22.6 Å². The molecule has 1 aliphatic rings. The SMILES string of the molecule is CCOc1cc(/C=C(/C#N)C(=O)Nc2ccccc2F)cc(I)c1OCc1ccc2c(c1)OCO2. The second-order valence-electron chi connectivity index (χ2n) is 7.34. The van der Waals surface area contributed by atoms with E-state index in [9.17, 15) is 14.4 Å². The highest BCUT2D eigenvalue weighted by Gasteiger charge is 2.17. The lowest BCUT2D eigenvalue weighted by molar-refractivity contribution is -0.112. The first kappa shape index (κ1) is 24.3. The van der Waals surface area contributed by atoms with Gasteiger partial charge in [0.25, 0.3) is 5.91 Å². The minimum atomic E-state index is -0.714. The Morgan fingerprint density at radius 3 is 2.74 bits per heavy atom. The van der Waals surface area contributed by atoms with Crippen LogP contribution in [0, 0.1) is 20.7 Å². The van der Waals surface area contributed by atoms with Gasteiger partial charge in [-0.05, 0) is 83.1 Å². The predicted octanol–water partition coefficient (Wildman–Crippen LogP) is 5.68. The van der Waals surface area contributed by atoms with Crippen LogP contribution in [-0.2, 0) is 11.4 Å². The van der Waals surface area contributed by atoms with Crippen molar-refractivity contribution in [1.29, 1.82) is 5.26 Å². The second-order valence-corrected chi connectivity index (χ2v) is 8.51. The fourth-order valence-corrected chi connectivity index (χ4v) is 4.11. The van der Waals surface area contributed by atoms with E-state index < -0.39 is 11.7 Å². The summed E-state index contributed by atoms with van der Waals surface area (Å²) in [5.74, 6) is 1.07. The van der Waals surface area contributed by atoms with Crippen molar-refractivity contribution in [1.82, 2.24) is 0 Å². The maximum Gasteiger partial charge on any atom is 0.266 e. The molecule has 1 aliphatic heterocycles. The third-order valence-electron chi connectivity index (χ3n) is 4.95. The molecule has 1 N–H and O–H groups in total. The average molecular weight is 586 g/mol. The van der Waals surface area contributed by atoms with Gasteiger partial charge >= 0.3 is 0 Å². The molecule has 7 nitrogen and oxygen atoms in total. The number of fused-ring (bicyclic) bond motifs is 1. The average Bonchev–Trinajstić information content (AvgIpc) is 3.31. The Kier molecular flexibility index (Phi) is 7.72. The molecule has 3 aromatic carbocycles. The van der Waals surface area contributed by atoms with E-state index in [0.29, 0.717) is 35.2 Å². The topological polar surface area (TPSA) is 89.8 Å². The van der Waals surface area contributed by atoms with Gasteiger partial charge in [-0.3, -0.25) is 4.79 Å². The Bertz CT molecular complexity index is 1340. The van der Waals surface area contributed by atoms with Gasteiger partial charge in [0.2, 0.25) is 6.79 Å².